The molecule has 0 aliphatic rings. The Balaban J connectivity index is 2.59. The Hall–Kier alpha value is -1.55. The Morgan fingerprint density at radius 1 is 1.18 bits per heavy atom. The van der Waals surface area contributed by atoms with Crippen molar-refractivity contribution in [3.63, 3.8) is 0 Å². The van der Waals surface area contributed by atoms with Gasteiger partial charge in [-0.05, 0) is 31.2 Å². The number of hydrogen-bond donors (Lipinski definition) is 3. The highest BCUT2D eigenvalue weighted by Crippen LogP contribution is 2.21. The summed E-state index contributed by atoms with van der Waals surface area (Å²) < 4.78 is 0. The summed E-state index contributed by atoms with van der Waals surface area (Å²) in [6, 6.07) is 9.91. The molecular formula is C18H30N2O2. The van der Waals surface area contributed by atoms with Crippen molar-refractivity contribution in [3.05, 3.63) is 35.9 Å². The number of nitrogens with one attached hydrogen (secondary N) is 2. The highest BCUT2D eigenvalue weighted by Gasteiger charge is 2.22. The van der Waals surface area contributed by atoms with Crippen LogP contribution in [0.5, 0.6) is 0 Å². The maximum absolute atomic E-state index is 12.0. The van der Waals surface area contributed by atoms with Gasteiger partial charge in [0.05, 0.1) is 6.10 Å². The first-order valence-electron chi connectivity index (χ1n) is 7.97. The second-order valence-corrected chi connectivity index (χ2v) is 7.13. The molecule has 1 aromatic rings. The van der Waals surface area contributed by atoms with Gasteiger partial charge in [-0.2, -0.15) is 0 Å². The molecule has 0 saturated carbocycles. The van der Waals surface area contributed by atoms with Crippen molar-refractivity contribution in [1.29, 1.82) is 0 Å². The van der Waals surface area contributed by atoms with Crippen LogP contribution in [0.2, 0.25) is 0 Å². The van der Waals surface area contributed by atoms with E-state index in [1.54, 1.807) is 6.92 Å². The van der Waals surface area contributed by atoms with Crippen molar-refractivity contribution in [2.75, 3.05) is 6.54 Å². The fourth-order valence-electron chi connectivity index (χ4n) is 2.15. The average Bonchev–Trinajstić information content (AvgIpc) is 2.43. The molecule has 4 nitrogen and oxygen atoms in total. The molecule has 0 saturated heterocycles. The lowest BCUT2D eigenvalue weighted by Gasteiger charge is -2.28. The summed E-state index contributed by atoms with van der Waals surface area (Å²) in [6.07, 6.45) is 0.225. The Labute approximate surface area is 134 Å². The SMILES string of the molecule is CC(O)CC(CNC(=O)NC(C)C(C)(C)C)c1ccccc1. The van der Waals surface area contributed by atoms with Crippen LogP contribution >= 0.6 is 0 Å². The van der Waals surface area contributed by atoms with Crippen LogP contribution in [0.3, 0.4) is 0 Å². The molecule has 0 aromatic heterocycles. The van der Waals surface area contributed by atoms with Crippen molar-refractivity contribution in [1.82, 2.24) is 10.6 Å². The molecule has 3 atom stereocenters. The number of urea groups is 1. The van der Waals surface area contributed by atoms with Crippen molar-refractivity contribution in [2.45, 2.75) is 59.1 Å². The van der Waals surface area contributed by atoms with Crippen molar-refractivity contribution < 1.29 is 9.90 Å². The third-order valence-corrected chi connectivity index (χ3v) is 4.05. The third-order valence-electron chi connectivity index (χ3n) is 4.05. The van der Waals surface area contributed by atoms with E-state index >= 15 is 0 Å². The molecule has 3 unspecified atom stereocenters. The second kappa shape index (κ2) is 8.18. The molecule has 3 N–H and O–H groups in total. The number of benzene rings is 1. The summed E-state index contributed by atoms with van der Waals surface area (Å²) in [6.45, 7) is 10.6. The van der Waals surface area contributed by atoms with Crippen LogP contribution in [-0.4, -0.2) is 29.8 Å². The van der Waals surface area contributed by atoms with Crippen molar-refractivity contribution >= 4 is 6.03 Å². The van der Waals surface area contributed by atoms with Gasteiger partial charge in [0.2, 0.25) is 0 Å². The van der Waals surface area contributed by atoms with Crippen LogP contribution in [0.4, 0.5) is 4.79 Å². The van der Waals surface area contributed by atoms with E-state index in [4.69, 9.17) is 0 Å². The van der Waals surface area contributed by atoms with Crippen LogP contribution in [0.15, 0.2) is 30.3 Å². The molecule has 4 heteroatoms. The first-order valence-corrected chi connectivity index (χ1v) is 7.97. The summed E-state index contributed by atoms with van der Waals surface area (Å²) in [5, 5.41) is 15.6. The lowest BCUT2D eigenvalue weighted by Crippen LogP contribution is -2.47. The molecule has 0 spiro atoms. The number of aliphatic hydroxyl groups excluding tert-OH is 1. The van der Waals surface area contributed by atoms with Gasteiger partial charge < -0.3 is 15.7 Å². The first kappa shape index (κ1) is 18.5. The number of carbonyl (C=O) groups is 1. The number of carbonyl (C=O) groups excluding carboxylic acids is 1. The van der Waals surface area contributed by atoms with Gasteiger partial charge in [0.15, 0.2) is 0 Å². The molecular weight excluding hydrogens is 276 g/mol. The van der Waals surface area contributed by atoms with E-state index in [1.165, 1.54) is 0 Å². The number of hydrogen-bond acceptors (Lipinski definition) is 2. The van der Waals surface area contributed by atoms with Crippen LogP contribution < -0.4 is 10.6 Å². The van der Waals surface area contributed by atoms with Crippen LogP contribution in [0, 0.1) is 5.41 Å². The Bertz CT molecular complexity index is 452. The van der Waals surface area contributed by atoms with Gasteiger partial charge in [0, 0.05) is 18.5 Å². The van der Waals surface area contributed by atoms with E-state index in [0.717, 1.165) is 5.56 Å². The van der Waals surface area contributed by atoms with E-state index in [9.17, 15) is 9.90 Å². The van der Waals surface area contributed by atoms with Crippen LogP contribution in [-0.2, 0) is 0 Å². The highest BCUT2D eigenvalue weighted by molar-refractivity contribution is 5.74. The van der Waals surface area contributed by atoms with E-state index in [2.05, 4.69) is 31.4 Å². The van der Waals surface area contributed by atoms with Gasteiger partial charge in [-0.25, -0.2) is 4.79 Å². The fraction of sp³-hybridized carbons (Fsp3) is 0.611. The second-order valence-electron chi connectivity index (χ2n) is 7.13. The molecule has 2 amide bonds. The molecule has 22 heavy (non-hydrogen) atoms. The maximum atomic E-state index is 12.0. The zero-order valence-electron chi connectivity index (χ0n) is 14.4. The Morgan fingerprint density at radius 3 is 2.27 bits per heavy atom. The normalized spacial score (nSPS) is 15.7. The lowest BCUT2D eigenvalue weighted by molar-refractivity contribution is 0.172. The van der Waals surface area contributed by atoms with Gasteiger partial charge in [-0.15, -0.1) is 0 Å². The highest BCUT2D eigenvalue weighted by atomic mass is 16.3. The van der Waals surface area contributed by atoms with Gasteiger partial charge in [0.25, 0.3) is 0 Å². The van der Waals surface area contributed by atoms with Gasteiger partial charge >= 0.3 is 6.03 Å². The van der Waals surface area contributed by atoms with Gasteiger partial charge in [-0.3, -0.25) is 0 Å². The molecule has 0 radical (unpaired) electrons. The average molecular weight is 306 g/mol. The van der Waals surface area contributed by atoms with Crippen molar-refractivity contribution in [2.24, 2.45) is 5.41 Å². The van der Waals surface area contributed by atoms with E-state index in [0.29, 0.717) is 13.0 Å². The summed E-state index contributed by atoms with van der Waals surface area (Å²) >= 11 is 0. The molecule has 0 aliphatic heterocycles. The third kappa shape index (κ3) is 6.48. The zero-order valence-corrected chi connectivity index (χ0v) is 14.4. The van der Waals surface area contributed by atoms with Crippen LogP contribution in [0.25, 0.3) is 0 Å². The predicted molar refractivity (Wildman–Crippen MR) is 90.9 cm³/mol. The summed E-state index contributed by atoms with van der Waals surface area (Å²) in [5.41, 5.74) is 1.16. The molecule has 0 bridgehead atoms. The van der Waals surface area contributed by atoms with Gasteiger partial charge in [-0.1, -0.05) is 51.1 Å². The van der Waals surface area contributed by atoms with E-state index in [-0.39, 0.29) is 23.4 Å². The fourth-order valence-corrected chi connectivity index (χ4v) is 2.15. The predicted octanol–water partition coefficient (Wildman–Crippen LogP) is 3.27. The molecule has 1 rings (SSSR count). The molecule has 1 aromatic carbocycles. The maximum Gasteiger partial charge on any atom is 0.315 e. The molecule has 0 aliphatic carbocycles. The number of rotatable bonds is 6. The smallest absolute Gasteiger partial charge is 0.315 e. The largest absolute Gasteiger partial charge is 0.393 e. The standard InChI is InChI=1S/C18H30N2O2/c1-13(21)11-16(15-9-7-6-8-10-15)12-19-17(22)20-14(2)18(3,4)5/h6-10,13-14,16,21H,11-12H2,1-5H3,(H2,19,20,22). The topological polar surface area (TPSA) is 61.4 Å². The van der Waals surface area contributed by atoms with Crippen LogP contribution in [0.1, 0.15) is 52.5 Å². The Kier molecular flexibility index (Phi) is 6.88. The molecule has 0 fully saturated rings. The summed E-state index contributed by atoms with van der Waals surface area (Å²) in [7, 11) is 0. The molecule has 0 heterocycles. The van der Waals surface area contributed by atoms with E-state index in [1.807, 2.05) is 37.3 Å². The summed E-state index contributed by atoms with van der Waals surface area (Å²) in [5.74, 6) is 0.108. The minimum atomic E-state index is -0.399. The molecule has 124 valence electrons. The van der Waals surface area contributed by atoms with E-state index < -0.39 is 6.10 Å². The minimum Gasteiger partial charge on any atom is -0.393 e. The summed E-state index contributed by atoms with van der Waals surface area (Å²) in [4.78, 5) is 12.0. The first-order chi connectivity index (χ1) is 10.2. The number of amides is 2. The quantitative estimate of drug-likeness (QED) is 0.755. The monoisotopic (exact) mass is 306 g/mol. The lowest BCUT2D eigenvalue weighted by atomic mass is 9.88. The Morgan fingerprint density at radius 2 is 1.77 bits per heavy atom. The van der Waals surface area contributed by atoms with Gasteiger partial charge in [0.1, 0.15) is 0 Å². The number of aliphatic hydroxyl groups is 1. The van der Waals surface area contributed by atoms with Crippen molar-refractivity contribution in [3.8, 4) is 0 Å². The zero-order chi connectivity index (χ0) is 16.8. The minimum absolute atomic E-state index is 0.0236.